The monoisotopic (exact) mass is 263 g/mol. The standard InChI is InChI=1S/C16H25NO2/c1-4-15(18)13-6-8-14(9-7-13)17-11-5-10-16(2,12-17)19-3/h6-9,15,18H,4-5,10-12H2,1-3H3. The topological polar surface area (TPSA) is 32.7 Å². The number of anilines is 1. The van der Waals surface area contributed by atoms with Crippen LogP contribution in [-0.2, 0) is 4.74 Å². The van der Waals surface area contributed by atoms with E-state index in [1.54, 1.807) is 7.11 Å². The predicted octanol–water partition coefficient (Wildman–Crippen LogP) is 3.14. The normalized spacial score (nSPS) is 25.4. The third-order valence-electron chi connectivity index (χ3n) is 4.18. The first kappa shape index (κ1) is 14.4. The molecule has 19 heavy (non-hydrogen) atoms. The number of piperidine rings is 1. The van der Waals surface area contributed by atoms with E-state index in [4.69, 9.17) is 4.74 Å². The van der Waals surface area contributed by atoms with E-state index in [9.17, 15) is 5.11 Å². The molecule has 0 aliphatic carbocycles. The van der Waals surface area contributed by atoms with Gasteiger partial charge in [-0.3, -0.25) is 0 Å². The summed E-state index contributed by atoms with van der Waals surface area (Å²) in [4.78, 5) is 2.37. The molecule has 1 aliphatic rings. The van der Waals surface area contributed by atoms with Crippen LogP contribution in [0.5, 0.6) is 0 Å². The van der Waals surface area contributed by atoms with Crippen LogP contribution in [0.25, 0.3) is 0 Å². The maximum atomic E-state index is 9.82. The van der Waals surface area contributed by atoms with E-state index in [1.807, 2.05) is 19.1 Å². The van der Waals surface area contributed by atoms with Gasteiger partial charge in [-0.15, -0.1) is 0 Å². The third kappa shape index (κ3) is 3.28. The van der Waals surface area contributed by atoms with Crippen molar-refractivity contribution in [2.24, 2.45) is 0 Å². The van der Waals surface area contributed by atoms with Gasteiger partial charge < -0.3 is 14.7 Å². The minimum absolute atomic E-state index is 0.0418. The predicted molar refractivity (Wildman–Crippen MR) is 78.6 cm³/mol. The molecule has 3 heteroatoms. The summed E-state index contributed by atoms with van der Waals surface area (Å²) in [5, 5.41) is 9.82. The van der Waals surface area contributed by atoms with Crippen LogP contribution in [0.1, 0.15) is 44.8 Å². The van der Waals surface area contributed by atoms with Gasteiger partial charge in [-0.2, -0.15) is 0 Å². The van der Waals surface area contributed by atoms with Crippen LogP contribution >= 0.6 is 0 Å². The van der Waals surface area contributed by atoms with Crippen molar-refractivity contribution in [2.75, 3.05) is 25.1 Å². The Morgan fingerprint density at radius 1 is 1.37 bits per heavy atom. The molecule has 1 heterocycles. The lowest BCUT2D eigenvalue weighted by Crippen LogP contribution is -2.47. The lowest BCUT2D eigenvalue weighted by atomic mass is 9.94. The van der Waals surface area contributed by atoms with E-state index < -0.39 is 0 Å². The molecular formula is C16H25NO2. The van der Waals surface area contributed by atoms with Crippen LogP contribution in [0.4, 0.5) is 5.69 Å². The number of benzene rings is 1. The van der Waals surface area contributed by atoms with Crippen LogP contribution in [0.3, 0.4) is 0 Å². The molecule has 1 N–H and O–H groups in total. The second-order valence-electron chi connectivity index (χ2n) is 5.69. The molecule has 106 valence electrons. The summed E-state index contributed by atoms with van der Waals surface area (Å²) in [5.41, 5.74) is 2.17. The summed E-state index contributed by atoms with van der Waals surface area (Å²) in [6, 6.07) is 8.27. The highest BCUT2D eigenvalue weighted by atomic mass is 16.5. The number of aliphatic hydroxyl groups excluding tert-OH is 1. The van der Waals surface area contributed by atoms with Crippen molar-refractivity contribution in [1.82, 2.24) is 0 Å². The molecule has 1 fully saturated rings. The molecule has 0 spiro atoms. The molecule has 1 aromatic rings. The summed E-state index contributed by atoms with van der Waals surface area (Å²) in [7, 11) is 1.80. The van der Waals surface area contributed by atoms with Gasteiger partial charge in [-0.25, -0.2) is 0 Å². The average molecular weight is 263 g/mol. The lowest BCUT2D eigenvalue weighted by Gasteiger charge is -2.40. The number of hydrogen-bond acceptors (Lipinski definition) is 3. The van der Waals surface area contributed by atoms with Gasteiger partial charge in [0.15, 0.2) is 0 Å². The Kier molecular flexibility index (Phi) is 4.48. The fourth-order valence-corrected chi connectivity index (χ4v) is 2.74. The second-order valence-corrected chi connectivity index (χ2v) is 5.69. The van der Waals surface area contributed by atoms with E-state index in [0.717, 1.165) is 37.9 Å². The SMILES string of the molecule is CCC(O)c1ccc(N2CCCC(C)(OC)C2)cc1. The van der Waals surface area contributed by atoms with Gasteiger partial charge in [-0.05, 0) is 43.9 Å². The van der Waals surface area contributed by atoms with Crippen molar-refractivity contribution in [3.63, 3.8) is 0 Å². The highest BCUT2D eigenvalue weighted by Gasteiger charge is 2.30. The largest absolute Gasteiger partial charge is 0.388 e. The Morgan fingerprint density at radius 3 is 2.63 bits per heavy atom. The van der Waals surface area contributed by atoms with Crippen molar-refractivity contribution in [2.45, 2.75) is 44.8 Å². The van der Waals surface area contributed by atoms with Gasteiger partial charge in [0, 0.05) is 25.9 Å². The summed E-state index contributed by atoms with van der Waals surface area (Å²) in [6.07, 6.45) is 2.68. The fourth-order valence-electron chi connectivity index (χ4n) is 2.74. The zero-order valence-electron chi connectivity index (χ0n) is 12.2. The summed E-state index contributed by atoms with van der Waals surface area (Å²) in [6.45, 7) is 6.18. The zero-order chi connectivity index (χ0) is 13.9. The Morgan fingerprint density at radius 2 is 2.05 bits per heavy atom. The van der Waals surface area contributed by atoms with Gasteiger partial charge in [-0.1, -0.05) is 19.1 Å². The molecule has 1 aliphatic heterocycles. The minimum atomic E-state index is -0.348. The van der Waals surface area contributed by atoms with E-state index in [1.165, 1.54) is 5.69 Å². The molecule has 3 nitrogen and oxygen atoms in total. The molecule has 0 amide bonds. The van der Waals surface area contributed by atoms with Crippen molar-refractivity contribution in [3.8, 4) is 0 Å². The number of aliphatic hydroxyl groups is 1. The Bertz CT molecular complexity index is 404. The highest BCUT2D eigenvalue weighted by Crippen LogP contribution is 2.29. The third-order valence-corrected chi connectivity index (χ3v) is 4.18. The molecule has 0 aromatic heterocycles. The van der Waals surface area contributed by atoms with Crippen molar-refractivity contribution in [3.05, 3.63) is 29.8 Å². The average Bonchev–Trinajstić information content (AvgIpc) is 2.46. The Balaban J connectivity index is 2.09. The molecule has 2 unspecified atom stereocenters. The molecule has 1 saturated heterocycles. The molecule has 2 rings (SSSR count). The number of nitrogens with zero attached hydrogens (tertiary/aromatic N) is 1. The second kappa shape index (κ2) is 5.93. The van der Waals surface area contributed by atoms with Crippen molar-refractivity contribution >= 4 is 5.69 Å². The van der Waals surface area contributed by atoms with E-state index in [2.05, 4.69) is 24.0 Å². The first-order chi connectivity index (χ1) is 9.08. The quantitative estimate of drug-likeness (QED) is 0.906. The van der Waals surface area contributed by atoms with Crippen molar-refractivity contribution in [1.29, 1.82) is 0 Å². The lowest BCUT2D eigenvalue weighted by molar-refractivity contribution is -0.00465. The van der Waals surface area contributed by atoms with Gasteiger partial charge >= 0.3 is 0 Å². The maximum Gasteiger partial charge on any atom is 0.0825 e. The van der Waals surface area contributed by atoms with Crippen molar-refractivity contribution < 1.29 is 9.84 Å². The summed E-state index contributed by atoms with van der Waals surface area (Å²) in [5.74, 6) is 0. The zero-order valence-corrected chi connectivity index (χ0v) is 12.2. The number of ether oxygens (including phenoxy) is 1. The van der Waals surface area contributed by atoms with E-state index in [-0.39, 0.29) is 11.7 Å². The van der Waals surface area contributed by atoms with Crippen LogP contribution in [0, 0.1) is 0 Å². The smallest absolute Gasteiger partial charge is 0.0825 e. The summed E-state index contributed by atoms with van der Waals surface area (Å²) < 4.78 is 5.63. The van der Waals surface area contributed by atoms with Crippen LogP contribution in [0.15, 0.2) is 24.3 Å². The highest BCUT2D eigenvalue weighted by molar-refractivity contribution is 5.48. The minimum Gasteiger partial charge on any atom is -0.388 e. The van der Waals surface area contributed by atoms with Crippen LogP contribution in [0.2, 0.25) is 0 Å². The fraction of sp³-hybridized carbons (Fsp3) is 0.625. The number of rotatable bonds is 4. The van der Waals surface area contributed by atoms with Crippen LogP contribution in [-0.4, -0.2) is 30.9 Å². The number of methoxy groups -OCH3 is 1. The van der Waals surface area contributed by atoms with Crippen LogP contribution < -0.4 is 4.90 Å². The Labute approximate surface area is 116 Å². The first-order valence-corrected chi connectivity index (χ1v) is 7.16. The van der Waals surface area contributed by atoms with Gasteiger partial charge in [0.05, 0.1) is 11.7 Å². The molecule has 0 bridgehead atoms. The molecule has 0 radical (unpaired) electrons. The number of hydrogen-bond donors (Lipinski definition) is 1. The molecular weight excluding hydrogens is 238 g/mol. The van der Waals surface area contributed by atoms with Gasteiger partial charge in [0.2, 0.25) is 0 Å². The Hall–Kier alpha value is -1.06. The molecule has 0 saturated carbocycles. The first-order valence-electron chi connectivity index (χ1n) is 7.16. The molecule has 1 aromatic carbocycles. The van der Waals surface area contributed by atoms with Gasteiger partial charge in [0.25, 0.3) is 0 Å². The van der Waals surface area contributed by atoms with Gasteiger partial charge in [0.1, 0.15) is 0 Å². The maximum absolute atomic E-state index is 9.82. The van der Waals surface area contributed by atoms with E-state index >= 15 is 0 Å². The molecule has 2 atom stereocenters. The summed E-state index contributed by atoms with van der Waals surface area (Å²) >= 11 is 0. The van der Waals surface area contributed by atoms with E-state index in [0.29, 0.717) is 0 Å².